The zero-order valence-electron chi connectivity index (χ0n) is 22.3. The number of benzene rings is 2. The lowest BCUT2D eigenvalue weighted by atomic mass is 10.1. The van der Waals surface area contributed by atoms with Crippen LogP contribution in [0.5, 0.6) is 0 Å². The maximum atomic E-state index is 13.4. The molecule has 0 unspecified atom stereocenters. The molecule has 0 saturated heterocycles. The number of anilines is 1. The molecule has 0 spiro atoms. The molecule has 1 N–H and O–H groups in total. The van der Waals surface area contributed by atoms with E-state index in [1.807, 2.05) is 0 Å². The van der Waals surface area contributed by atoms with E-state index >= 15 is 0 Å². The zero-order chi connectivity index (χ0) is 29.8. The first-order chi connectivity index (χ1) is 17.8. The fourth-order valence-corrected chi connectivity index (χ4v) is 5.23. The summed E-state index contributed by atoms with van der Waals surface area (Å²) < 4.78 is 65.2. The molecular weight excluding hydrogens is 578 g/mol. The van der Waals surface area contributed by atoms with E-state index in [4.69, 9.17) is 23.2 Å². The van der Waals surface area contributed by atoms with E-state index in [0.29, 0.717) is 15.6 Å². The summed E-state index contributed by atoms with van der Waals surface area (Å²) in [6, 6.07) is 7.87. The number of nitrogens with one attached hydrogen (secondary N) is 1. The van der Waals surface area contributed by atoms with Gasteiger partial charge in [0.1, 0.15) is 6.04 Å². The summed E-state index contributed by atoms with van der Waals surface area (Å²) in [5, 5.41) is 3.43. The third kappa shape index (κ3) is 9.58. The second kappa shape index (κ2) is 12.8. The monoisotopic (exact) mass is 609 g/mol. The molecule has 0 fully saturated rings. The maximum absolute atomic E-state index is 13.4. The number of amides is 2. The van der Waals surface area contributed by atoms with Crippen molar-refractivity contribution in [2.45, 2.75) is 64.8 Å². The summed E-state index contributed by atoms with van der Waals surface area (Å²) in [6.45, 7) is 6.59. The Labute approximate surface area is 237 Å². The van der Waals surface area contributed by atoms with Crippen molar-refractivity contribution in [3.8, 4) is 0 Å². The van der Waals surface area contributed by atoms with Gasteiger partial charge in [-0.3, -0.25) is 13.9 Å². The number of nitrogens with zero attached hydrogens (tertiary/aromatic N) is 2. The minimum atomic E-state index is -4.65. The summed E-state index contributed by atoms with van der Waals surface area (Å²) in [4.78, 5) is 27.6. The van der Waals surface area contributed by atoms with Crippen molar-refractivity contribution < 1.29 is 31.2 Å². The van der Waals surface area contributed by atoms with E-state index in [1.54, 1.807) is 45.9 Å². The van der Waals surface area contributed by atoms with Crippen molar-refractivity contribution in [2.75, 3.05) is 17.1 Å². The number of sulfonamides is 1. The van der Waals surface area contributed by atoms with Crippen LogP contribution >= 0.6 is 23.2 Å². The highest BCUT2D eigenvalue weighted by atomic mass is 35.5. The molecular formula is C26H32Cl2F3N3O4S. The average molecular weight is 611 g/mol. The highest BCUT2D eigenvalue weighted by Crippen LogP contribution is 2.32. The van der Waals surface area contributed by atoms with Crippen LogP contribution in [0.25, 0.3) is 0 Å². The van der Waals surface area contributed by atoms with Crippen LogP contribution in [-0.2, 0) is 32.3 Å². The molecule has 0 bridgehead atoms. The van der Waals surface area contributed by atoms with E-state index in [0.717, 1.165) is 28.8 Å². The molecule has 7 nitrogen and oxygen atoms in total. The summed E-state index contributed by atoms with van der Waals surface area (Å²) in [5.41, 5.74) is -1.29. The summed E-state index contributed by atoms with van der Waals surface area (Å²) in [6.07, 6.45) is -4.00. The van der Waals surface area contributed by atoms with Gasteiger partial charge in [0.2, 0.25) is 21.8 Å². The van der Waals surface area contributed by atoms with Crippen LogP contribution in [0.2, 0.25) is 10.0 Å². The van der Waals surface area contributed by atoms with Crippen molar-refractivity contribution in [1.29, 1.82) is 0 Å². The van der Waals surface area contributed by atoms with Gasteiger partial charge >= 0.3 is 6.18 Å². The molecule has 0 heterocycles. The molecule has 2 aromatic carbocycles. The van der Waals surface area contributed by atoms with Crippen molar-refractivity contribution >= 4 is 50.7 Å². The quantitative estimate of drug-likeness (QED) is 0.364. The Kier molecular flexibility index (Phi) is 10.7. The molecule has 1 atom stereocenters. The predicted octanol–water partition coefficient (Wildman–Crippen LogP) is 5.89. The molecule has 2 amide bonds. The Hall–Kier alpha value is -2.50. The van der Waals surface area contributed by atoms with Gasteiger partial charge in [0.05, 0.1) is 17.5 Å². The minimum absolute atomic E-state index is 0.0253. The first-order valence-corrected chi connectivity index (χ1v) is 14.6. The average Bonchev–Trinajstić information content (AvgIpc) is 2.78. The van der Waals surface area contributed by atoms with Crippen LogP contribution in [0, 0.1) is 0 Å². The van der Waals surface area contributed by atoms with Gasteiger partial charge in [0.15, 0.2) is 0 Å². The Morgan fingerprint density at radius 3 is 2.10 bits per heavy atom. The highest BCUT2D eigenvalue weighted by molar-refractivity contribution is 7.92. The number of rotatable bonds is 10. The van der Waals surface area contributed by atoms with E-state index in [2.05, 4.69) is 5.32 Å². The van der Waals surface area contributed by atoms with Crippen LogP contribution in [-0.4, -0.2) is 49.5 Å². The molecule has 2 aromatic rings. The highest BCUT2D eigenvalue weighted by Gasteiger charge is 2.32. The molecule has 0 radical (unpaired) electrons. The van der Waals surface area contributed by atoms with Crippen molar-refractivity contribution in [3.63, 3.8) is 0 Å². The first kappa shape index (κ1) is 32.7. The van der Waals surface area contributed by atoms with E-state index < -0.39 is 45.2 Å². The van der Waals surface area contributed by atoms with Crippen molar-refractivity contribution in [2.24, 2.45) is 0 Å². The van der Waals surface area contributed by atoms with Crippen LogP contribution in [0.15, 0.2) is 42.5 Å². The lowest BCUT2D eigenvalue weighted by molar-refractivity contribution is -0.141. The van der Waals surface area contributed by atoms with Gasteiger partial charge in [-0.15, -0.1) is 0 Å². The van der Waals surface area contributed by atoms with Crippen molar-refractivity contribution in [3.05, 3.63) is 63.6 Å². The Balaban J connectivity index is 2.29. The zero-order valence-corrected chi connectivity index (χ0v) is 24.6. The van der Waals surface area contributed by atoms with Gasteiger partial charge in [-0.1, -0.05) is 35.3 Å². The Morgan fingerprint density at radius 2 is 1.59 bits per heavy atom. The minimum Gasteiger partial charge on any atom is -0.350 e. The largest absolute Gasteiger partial charge is 0.416 e. The smallest absolute Gasteiger partial charge is 0.350 e. The topological polar surface area (TPSA) is 86.8 Å². The Morgan fingerprint density at radius 1 is 1.03 bits per heavy atom. The second-order valence-corrected chi connectivity index (χ2v) is 12.8. The SMILES string of the molecule is C[C@H](C(=O)NC(C)(C)C)N(Cc1c(Cl)cccc1Cl)C(=O)CCCN(c1cccc(C(F)(F)F)c1)S(C)(=O)=O. The first-order valence-electron chi connectivity index (χ1n) is 12.0. The number of hydrogen-bond acceptors (Lipinski definition) is 4. The molecule has 0 aromatic heterocycles. The lowest BCUT2D eigenvalue weighted by Crippen LogP contribution is -2.52. The standard InChI is InChI=1S/C26H32Cl2F3N3O4S/c1-17(24(36)32-25(2,3)4)33(16-20-21(27)11-7-12-22(20)28)23(35)13-8-14-34(39(5,37)38)19-10-6-9-18(15-19)26(29,30)31/h6-7,9-12,15,17H,8,13-14,16H2,1-5H3,(H,32,36)/t17-/m1/s1. The summed E-state index contributed by atoms with van der Waals surface area (Å²) >= 11 is 12.6. The summed E-state index contributed by atoms with van der Waals surface area (Å²) in [7, 11) is -3.97. The number of carbonyl (C=O) groups excluding carboxylic acids is 2. The van der Waals surface area contributed by atoms with Crippen LogP contribution in [0.4, 0.5) is 18.9 Å². The van der Waals surface area contributed by atoms with Crippen LogP contribution in [0.1, 0.15) is 51.7 Å². The third-order valence-electron chi connectivity index (χ3n) is 5.67. The molecule has 0 aliphatic rings. The van der Waals surface area contributed by atoms with Crippen molar-refractivity contribution in [1.82, 2.24) is 10.2 Å². The molecule has 39 heavy (non-hydrogen) atoms. The molecule has 216 valence electrons. The van der Waals surface area contributed by atoms with Gasteiger partial charge in [-0.25, -0.2) is 8.42 Å². The number of carbonyl (C=O) groups is 2. The Bertz CT molecular complexity index is 1280. The van der Waals surface area contributed by atoms with Gasteiger partial charge in [-0.05, 0) is 64.4 Å². The van der Waals surface area contributed by atoms with Gasteiger partial charge in [0, 0.05) is 40.7 Å². The van der Waals surface area contributed by atoms with Gasteiger partial charge < -0.3 is 10.2 Å². The van der Waals surface area contributed by atoms with Gasteiger partial charge in [0.25, 0.3) is 0 Å². The van der Waals surface area contributed by atoms with E-state index in [-0.39, 0.29) is 31.6 Å². The molecule has 13 heteroatoms. The molecule has 2 rings (SSSR count). The molecule has 0 aliphatic heterocycles. The van der Waals surface area contributed by atoms with Crippen LogP contribution < -0.4 is 9.62 Å². The molecule has 0 aliphatic carbocycles. The maximum Gasteiger partial charge on any atom is 0.416 e. The number of hydrogen-bond donors (Lipinski definition) is 1. The van der Waals surface area contributed by atoms with E-state index in [1.165, 1.54) is 11.0 Å². The summed E-state index contributed by atoms with van der Waals surface area (Å²) in [5.74, 6) is -0.902. The fraction of sp³-hybridized carbons (Fsp3) is 0.462. The number of halogens is 5. The molecule has 0 saturated carbocycles. The predicted molar refractivity (Wildman–Crippen MR) is 147 cm³/mol. The van der Waals surface area contributed by atoms with E-state index in [9.17, 15) is 31.2 Å². The fourth-order valence-electron chi connectivity index (χ4n) is 3.75. The second-order valence-electron chi connectivity index (χ2n) is 10.1. The normalized spacial score (nSPS) is 13.1. The van der Waals surface area contributed by atoms with Crippen LogP contribution in [0.3, 0.4) is 0 Å². The third-order valence-corrected chi connectivity index (χ3v) is 7.57. The number of alkyl halides is 3. The lowest BCUT2D eigenvalue weighted by Gasteiger charge is -2.32. The van der Waals surface area contributed by atoms with Gasteiger partial charge in [-0.2, -0.15) is 13.2 Å².